The van der Waals surface area contributed by atoms with Gasteiger partial charge in [-0.1, -0.05) is 0 Å². The van der Waals surface area contributed by atoms with E-state index in [1.165, 1.54) is 0 Å². The first kappa shape index (κ1) is 34.9. The number of phosphoric ester groups is 2. The molecule has 200 valence electrons. The highest BCUT2D eigenvalue weighted by molar-refractivity contribution is 7.46. The number of hydrogen-bond donors (Lipinski definition) is 13. The first-order chi connectivity index (χ1) is 14.6. The summed E-state index contributed by atoms with van der Waals surface area (Å²) < 4.78 is 41.7. The van der Waals surface area contributed by atoms with Gasteiger partial charge >= 0.3 is 23.5 Å². The highest BCUT2D eigenvalue weighted by atomic mass is 31.2. The number of aliphatic hydroxyl groups is 6. The zero-order valence-electron chi connectivity index (χ0n) is 16.1. The lowest BCUT2D eigenvalue weighted by Gasteiger charge is -2.15. The molecule has 1 fully saturated rings. The Hall–Kier alpha value is -0.280. The van der Waals surface area contributed by atoms with Crippen molar-refractivity contribution in [1.29, 1.82) is 0 Å². The molecular weight excluding hydrogens is 533 g/mol. The van der Waals surface area contributed by atoms with Crippen LogP contribution in [-0.2, 0) is 32.3 Å². The number of rotatable bonds is 9. The highest BCUT2D eigenvalue weighted by Crippen LogP contribution is 2.37. The molecule has 0 aromatic rings. The summed E-state index contributed by atoms with van der Waals surface area (Å²) in [4.78, 5) is 65.2. The first-order valence-electron chi connectivity index (χ1n) is 7.97. The molecule has 0 amide bonds. The minimum absolute atomic E-state index is 0.612. The molecule has 1 aliphatic rings. The van der Waals surface area contributed by atoms with Crippen molar-refractivity contribution in [2.75, 3.05) is 19.8 Å². The number of hydrogen-bond acceptors (Lipinski definition) is 13. The second-order valence-corrected chi connectivity index (χ2v) is 9.27. The molecule has 1 aliphatic heterocycles. The molecule has 6 atom stereocenters. The Kier molecular flexibility index (Phi) is 15.8. The molecule has 0 aliphatic carbocycles. The third-order valence-electron chi connectivity index (χ3n) is 3.01. The van der Waals surface area contributed by atoms with Crippen LogP contribution < -0.4 is 0 Å². The number of carbonyl (C=O) groups excluding carboxylic acids is 1. The van der Waals surface area contributed by atoms with E-state index in [2.05, 4.69) is 13.8 Å². The van der Waals surface area contributed by atoms with Crippen molar-refractivity contribution >= 4 is 29.3 Å². The predicted molar refractivity (Wildman–Crippen MR) is 97.3 cm³/mol. The summed E-state index contributed by atoms with van der Waals surface area (Å²) in [6.07, 6.45) is -9.38. The number of carbonyl (C=O) groups is 1. The molecule has 23 heteroatoms. The van der Waals surface area contributed by atoms with Gasteiger partial charge in [0.2, 0.25) is 0 Å². The fourth-order valence-electron chi connectivity index (χ4n) is 1.61. The van der Waals surface area contributed by atoms with Crippen LogP contribution in [0.4, 0.5) is 0 Å². The lowest BCUT2D eigenvalue weighted by atomic mass is 10.1. The van der Waals surface area contributed by atoms with Crippen LogP contribution in [0, 0.1) is 0 Å². The van der Waals surface area contributed by atoms with Crippen molar-refractivity contribution in [3.05, 3.63) is 0 Å². The van der Waals surface area contributed by atoms with Gasteiger partial charge in [-0.2, -0.15) is 0 Å². The molecule has 0 spiro atoms. The zero-order chi connectivity index (χ0) is 26.8. The van der Waals surface area contributed by atoms with Gasteiger partial charge in [-0.05, 0) is 0 Å². The van der Waals surface area contributed by atoms with Crippen molar-refractivity contribution in [2.24, 2.45) is 0 Å². The van der Waals surface area contributed by atoms with Crippen LogP contribution >= 0.6 is 23.5 Å². The lowest BCUT2D eigenvalue weighted by Crippen LogP contribution is -2.38. The van der Waals surface area contributed by atoms with Gasteiger partial charge in [0.05, 0.1) is 13.2 Å². The second-order valence-electron chi connectivity index (χ2n) is 5.77. The molecule has 1 rings (SSSR count). The first-order valence-corrected chi connectivity index (χ1v) is 12.6. The summed E-state index contributed by atoms with van der Waals surface area (Å²) in [6.45, 7) is -2.50. The van der Waals surface area contributed by atoms with Crippen LogP contribution in [0.5, 0.6) is 0 Å². The van der Waals surface area contributed by atoms with E-state index in [0.717, 1.165) is 0 Å². The van der Waals surface area contributed by atoms with Gasteiger partial charge in [0, 0.05) is 0 Å². The normalized spacial score (nSPS) is 25.2. The summed E-state index contributed by atoms with van der Waals surface area (Å²) in [5.41, 5.74) is 0. The summed E-state index contributed by atoms with van der Waals surface area (Å²) in [5, 5.41) is 53.1. The van der Waals surface area contributed by atoms with Crippen molar-refractivity contribution in [1.82, 2.24) is 0 Å². The van der Waals surface area contributed by atoms with E-state index >= 15 is 0 Å². The molecule has 20 nitrogen and oxygen atoms in total. The summed E-state index contributed by atoms with van der Waals surface area (Å²) in [7, 11) is -14.0. The Labute approximate surface area is 184 Å². The van der Waals surface area contributed by atoms with Crippen LogP contribution in [0.3, 0.4) is 0 Å². The van der Waals surface area contributed by atoms with Crippen molar-refractivity contribution in [2.45, 2.75) is 36.8 Å². The van der Waals surface area contributed by atoms with Crippen molar-refractivity contribution < 1.29 is 97.2 Å². The summed E-state index contributed by atoms with van der Waals surface area (Å²) >= 11 is 0. The quantitative estimate of drug-likeness (QED) is 0.117. The number of ether oxygens (including phenoxy) is 1. The second kappa shape index (κ2) is 15.0. The van der Waals surface area contributed by atoms with E-state index in [1.807, 2.05) is 0 Å². The van der Waals surface area contributed by atoms with E-state index in [0.29, 0.717) is 0 Å². The SMILES string of the molecule is O=C(CO)[C@H](O)[C@H](O)COP(=O)(O)O.O=P(O)(O)O.O=P(O)(O)OC[C@H]1O[C@H](O)[C@H](O)[C@@H]1O. The smallest absolute Gasteiger partial charge is 0.388 e. The summed E-state index contributed by atoms with van der Waals surface area (Å²) in [5.74, 6) is -1.06. The molecular formula is C10H25O20P3. The maximum Gasteiger partial charge on any atom is 0.469 e. The van der Waals surface area contributed by atoms with Gasteiger partial charge in [0.1, 0.15) is 37.1 Å². The number of phosphoric acid groups is 3. The maximum atomic E-state index is 10.6. The van der Waals surface area contributed by atoms with Crippen LogP contribution in [0.1, 0.15) is 0 Å². The fraction of sp³-hybridized carbons (Fsp3) is 0.900. The van der Waals surface area contributed by atoms with Crippen LogP contribution in [-0.4, -0.2) is 127 Å². The summed E-state index contributed by atoms with van der Waals surface area (Å²) in [6, 6.07) is 0. The minimum Gasteiger partial charge on any atom is -0.388 e. The molecule has 0 saturated carbocycles. The van der Waals surface area contributed by atoms with Gasteiger partial charge in [0.15, 0.2) is 12.1 Å². The van der Waals surface area contributed by atoms with E-state index in [-0.39, 0.29) is 0 Å². The Morgan fingerprint density at radius 1 is 0.848 bits per heavy atom. The Morgan fingerprint density at radius 2 is 1.27 bits per heavy atom. The number of ketones is 1. The number of aliphatic hydroxyl groups excluding tert-OH is 6. The highest BCUT2D eigenvalue weighted by Gasteiger charge is 2.42. The van der Waals surface area contributed by atoms with E-state index in [4.69, 9.17) is 69.5 Å². The van der Waals surface area contributed by atoms with Gasteiger partial charge in [-0.3, -0.25) is 13.8 Å². The molecule has 1 saturated heterocycles. The van der Waals surface area contributed by atoms with Crippen molar-refractivity contribution in [3.8, 4) is 0 Å². The Bertz CT molecular complexity index is 703. The third-order valence-corrected chi connectivity index (χ3v) is 3.98. The molecule has 33 heavy (non-hydrogen) atoms. The standard InChI is InChI=1S/2C5H11O8P.H3O4P/c6-3-2(1-12-14(9,10)11)13-5(8)4(3)7;6-1-3(7)5(9)4(8)2-13-14(10,11)12;1-5(2,3)4/h2-8H,1H2,(H2,9,10,11);4-6,8-9H,1-2H2,(H2,10,11,12);(H3,1,2,3,4)/t2-,3-,4-,5+;4-,5+;/m11./s1. The Morgan fingerprint density at radius 3 is 1.58 bits per heavy atom. The predicted octanol–water partition coefficient (Wildman–Crippen LogP) is -6.01. The van der Waals surface area contributed by atoms with Gasteiger partial charge in [-0.25, -0.2) is 13.7 Å². The molecule has 0 aromatic heterocycles. The van der Waals surface area contributed by atoms with Gasteiger partial charge < -0.3 is 69.6 Å². The fourth-order valence-corrected chi connectivity index (χ4v) is 2.30. The molecule has 0 unspecified atom stereocenters. The minimum atomic E-state index is -4.74. The van der Waals surface area contributed by atoms with E-state index in [1.54, 1.807) is 0 Å². The zero-order valence-corrected chi connectivity index (χ0v) is 18.8. The monoisotopic (exact) mass is 558 g/mol. The molecule has 1 heterocycles. The molecule has 0 bridgehead atoms. The van der Waals surface area contributed by atoms with Crippen molar-refractivity contribution in [3.63, 3.8) is 0 Å². The maximum absolute atomic E-state index is 10.6. The average molecular weight is 558 g/mol. The lowest BCUT2D eigenvalue weighted by molar-refractivity contribution is -0.137. The molecule has 0 radical (unpaired) electrons. The molecule has 13 N–H and O–H groups in total. The average Bonchev–Trinajstić information content (AvgIpc) is 2.88. The molecule has 0 aromatic carbocycles. The third kappa shape index (κ3) is 19.7. The largest absolute Gasteiger partial charge is 0.469 e. The Balaban J connectivity index is 0. The van der Waals surface area contributed by atoms with Crippen LogP contribution in [0.25, 0.3) is 0 Å². The van der Waals surface area contributed by atoms with Crippen LogP contribution in [0.15, 0.2) is 0 Å². The van der Waals surface area contributed by atoms with E-state index in [9.17, 15) is 13.9 Å². The van der Waals surface area contributed by atoms with Crippen LogP contribution in [0.2, 0.25) is 0 Å². The van der Waals surface area contributed by atoms with Gasteiger partial charge in [0.25, 0.3) is 0 Å². The topological polar surface area (TPSA) is 359 Å². The van der Waals surface area contributed by atoms with Gasteiger partial charge in [-0.15, -0.1) is 0 Å². The van der Waals surface area contributed by atoms with E-state index < -0.39 is 85.9 Å². The number of Topliss-reactive ketones (excluding diaryl/α,β-unsaturated/α-hetero) is 1.